The van der Waals surface area contributed by atoms with Gasteiger partial charge in [-0.15, -0.1) is 0 Å². The Morgan fingerprint density at radius 2 is 1.71 bits per heavy atom. The Morgan fingerprint density at radius 1 is 1.21 bits per heavy atom. The van der Waals surface area contributed by atoms with Gasteiger partial charge in [-0.1, -0.05) is 9.37 Å². The molecule has 0 radical (unpaired) electrons. The van der Waals surface area contributed by atoms with Crippen molar-refractivity contribution < 1.29 is 0 Å². The zero-order chi connectivity index (χ0) is 11.0. The smallest absolute Gasteiger partial charge is 0.0766 e. The van der Waals surface area contributed by atoms with Gasteiger partial charge in [0.15, 0.2) is 22.5 Å². The molecule has 0 aliphatic carbocycles. The topological polar surface area (TPSA) is 36.4 Å². The van der Waals surface area contributed by atoms with Crippen molar-refractivity contribution in [2.75, 3.05) is 12.5 Å². The average molecular weight is 373 g/mol. The van der Waals surface area contributed by atoms with Crippen molar-refractivity contribution in [1.29, 1.82) is 0 Å². The minimum Gasteiger partial charge on any atom is -0.0766 e. The van der Waals surface area contributed by atoms with Gasteiger partial charge in [0.1, 0.15) is 0 Å². The lowest BCUT2D eigenvalue weighted by molar-refractivity contribution is 1.48. The quantitative estimate of drug-likeness (QED) is 0.569. The van der Waals surface area contributed by atoms with E-state index in [2.05, 4.69) is 14.2 Å². The molecule has 84 valence electrons. The second kappa shape index (κ2) is 5.24. The van der Waals surface area contributed by atoms with E-state index in [1.54, 1.807) is 22.8 Å². The minimum absolute atomic E-state index is 1.57. The van der Waals surface area contributed by atoms with E-state index < -0.39 is 18.1 Å². The van der Waals surface area contributed by atoms with Gasteiger partial charge in [-0.3, -0.25) is 0 Å². The van der Waals surface area contributed by atoms with E-state index in [9.17, 15) is 0 Å². The lowest BCUT2D eigenvalue weighted by Crippen LogP contribution is -2.18. The van der Waals surface area contributed by atoms with Crippen molar-refractivity contribution in [1.82, 2.24) is 9.72 Å². The molecule has 14 heavy (non-hydrogen) atoms. The number of halogens is 4. The maximum Gasteiger partial charge on any atom is 0.393 e. The molecule has 1 heterocycles. The maximum atomic E-state index is 6.05. The fraction of sp³-hybridized carbons (Fsp3) is 1.00. The highest BCUT2D eigenvalue weighted by Crippen LogP contribution is 2.92. The van der Waals surface area contributed by atoms with Gasteiger partial charge in [0.05, 0.1) is 22.8 Å². The molecule has 0 aromatic rings. The summed E-state index contributed by atoms with van der Waals surface area (Å²) in [7, 11) is 0. The Balaban J connectivity index is 3.10. The second-order valence-electron chi connectivity index (χ2n) is 2.17. The molecule has 0 saturated heterocycles. The standard InChI is InChI=1S/C2H8Cl4N3P3S2/c1-13-12(14-2)8-10(3,4)7-11(5,6)9-12/h7-8H,1-2H3/q+2. The third-order valence-corrected chi connectivity index (χ3v) is 21.8. The third kappa shape index (κ3) is 3.96. The lowest BCUT2D eigenvalue weighted by Gasteiger charge is -2.24. The highest BCUT2D eigenvalue weighted by Gasteiger charge is 2.61. The molecule has 1 aliphatic heterocycles. The van der Waals surface area contributed by atoms with Crippen LogP contribution in [0.25, 0.3) is 0 Å². The molecule has 1 rings (SSSR count). The second-order valence-corrected chi connectivity index (χ2v) is 21.3. The first-order valence-electron chi connectivity index (χ1n) is 3.15. The first-order chi connectivity index (χ1) is 6.24. The van der Waals surface area contributed by atoms with Gasteiger partial charge < -0.3 is 0 Å². The SMILES string of the molecule is CS[P+]1(SC)N=P(Cl)(Cl)N[P+](Cl)(Cl)N1. The van der Waals surface area contributed by atoms with Crippen LogP contribution in [0, 0.1) is 0 Å². The number of hydrogen-bond acceptors (Lipinski definition) is 5. The highest BCUT2D eigenvalue weighted by atomic mass is 35.9. The number of hydrogen-bond donors (Lipinski definition) is 2. The van der Waals surface area contributed by atoms with Crippen LogP contribution in [0.1, 0.15) is 0 Å². The molecule has 0 amide bonds. The van der Waals surface area contributed by atoms with E-state index in [0.29, 0.717) is 0 Å². The molecule has 0 aromatic carbocycles. The van der Waals surface area contributed by atoms with E-state index in [-0.39, 0.29) is 0 Å². The average Bonchev–Trinajstić information content (AvgIpc) is 1.98. The van der Waals surface area contributed by atoms with Crippen LogP contribution in [0.2, 0.25) is 0 Å². The summed E-state index contributed by atoms with van der Waals surface area (Å²) in [6, 6.07) is 0. The summed E-state index contributed by atoms with van der Waals surface area (Å²) in [5.41, 5.74) is 0. The van der Waals surface area contributed by atoms with Crippen LogP contribution in [-0.2, 0) is 0 Å². The summed E-state index contributed by atoms with van der Waals surface area (Å²) in [6.07, 6.45) is 1.41. The van der Waals surface area contributed by atoms with Crippen LogP contribution in [-0.4, -0.2) is 12.5 Å². The first-order valence-corrected chi connectivity index (χ1v) is 15.7. The Kier molecular flexibility index (Phi) is 5.59. The van der Waals surface area contributed by atoms with Crippen LogP contribution in [0.5, 0.6) is 0 Å². The molecule has 1 aliphatic rings. The predicted molar refractivity (Wildman–Crippen MR) is 79.9 cm³/mol. The molecule has 0 fully saturated rings. The van der Waals surface area contributed by atoms with E-state index in [1.165, 1.54) is 0 Å². The Bertz CT molecular complexity index is 277. The van der Waals surface area contributed by atoms with Gasteiger partial charge in [-0.25, -0.2) is 0 Å². The van der Waals surface area contributed by atoms with Crippen molar-refractivity contribution >= 4 is 85.9 Å². The van der Waals surface area contributed by atoms with Crippen molar-refractivity contribution in [3.8, 4) is 0 Å². The Morgan fingerprint density at radius 3 is 2.07 bits per heavy atom. The van der Waals surface area contributed by atoms with Gasteiger partial charge >= 0.3 is 12.2 Å². The molecular formula is C2H8Cl4N3P3S2+2. The van der Waals surface area contributed by atoms with Crippen molar-refractivity contribution in [2.24, 2.45) is 4.52 Å². The van der Waals surface area contributed by atoms with E-state index in [0.717, 1.165) is 0 Å². The zero-order valence-corrected chi connectivity index (χ0v) is 14.5. The summed E-state index contributed by atoms with van der Waals surface area (Å²) in [4.78, 5) is 5.88. The molecule has 2 N–H and O–H groups in total. The Hall–Kier alpha value is 2.87. The van der Waals surface area contributed by atoms with Crippen LogP contribution < -0.4 is 9.72 Å². The van der Waals surface area contributed by atoms with Crippen LogP contribution in [0.3, 0.4) is 0 Å². The molecule has 0 spiro atoms. The van der Waals surface area contributed by atoms with Gasteiger partial charge in [-0.2, -0.15) is 0 Å². The van der Waals surface area contributed by atoms with E-state index >= 15 is 0 Å². The van der Waals surface area contributed by atoms with Crippen molar-refractivity contribution in [3.05, 3.63) is 0 Å². The summed E-state index contributed by atoms with van der Waals surface area (Å²) in [6.45, 7) is 0. The summed E-state index contributed by atoms with van der Waals surface area (Å²) >= 11 is 27.3. The molecule has 12 heteroatoms. The first kappa shape index (κ1) is 14.9. The molecule has 0 unspecified atom stereocenters. The fourth-order valence-corrected chi connectivity index (χ4v) is 28.4. The lowest BCUT2D eigenvalue weighted by atomic mass is 12.0. The van der Waals surface area contributed by atoms with E-state index in [1.807, 2.05) is 12.5 Å². The Labute approximate surface area is 112 Å². The summed E-state index contributed by atoms with van der Waals surface area (Å²) in [5, 5.41) is 0. The van der Waals surface area contributed by atoms with Gasteiger partial charge in [-0.05, 0) is 22.5 Å². The molecule has 0 saturated carbocycles. The van der Waals surface area contributed by atoms with E-state index in [4.69, 9.17) is 45.0 Å². The third-order valence-electron chi connectivity index (χ3n) is 1.22. The van der Waals surface area contributed by atoms with Crippen molar-refractivity contribution in [2.45, 2.75) is 0 Å². The van der Waals surface area contributed by atoms with Crippen LogP contribution in [0.15, 0.2) is 4.52 Å². The van der Waals surface area contributed by atoms with Gasteiger partial charge in [0.25, 0.3) is 5.91 Å². The highest BCUT2D eigenvalue weighted by molar-refractivity contribution is 8.94. The molecule has 0 atom stereocenters. The molecular weight excluding hydrogens is 365 g/mol. The molecule has 0 aromatic heterocycles. The normalized spacial score (nSPS) is 28.1. The largest absolute Gasteiger partial charge is 0.393 e. The minimum atomic E-state index is -2.56. The monoisotopic (exact) mass is 371 g/mol. The van der Waals surface area contributed by atoms with Crippen LogP contribution >= 0.6 is 85.9 Å². The molecule has 3 nitrogen and oxygen atoms in total. The number of nitrogens with one attached hydrogen (secondary N) is 2. The van der Waals surface area contributed by atoms with Crippen LogP contribution in [0.4, 0.5) is 0 Å². The molecule has 0 bridgehead atoms. The van der Waals surface area contributed by atoms with Crippen molar-refractivity contribution in [3.63, 3.8) is 0 Å². The summed E-state index contributed by atoms with van der Waals surface area (Å²) in [5.74, 6) is -4.44. The summed E-state index contributed by atoms with van der Waals surface area (Å²) < 4.78 is 4.39. The number of nitrogens with zero attached hydrogens (tertiary/aromatic N) is 1. The van der Waals surface area contributed by atoms with Gasteiger partial charge in [0.2, 0.25) is 0 Å². The fourth-order valence-electron chi connectivity index (χ4n) is 0.749. The van der Waals surface area contributed by atoms with Gasteiger partial charge in [0, 0.05) is 17.4 Å². The zero-order valence-electron chi connectivity index (χ0n) is 7.12. The predicted octanol–water partition coefficient (Wildman–Crippen LogP) is 6.16. The number of rotatable bonds is 2. The maximum absolute atomic E-state index is 6.05.